The Labute approximate surface area is 664 Å². The van der Waals surface area contributed by atoms with E-state index in [1.165, 1.54) is 58.9 Å². The molecule has 28 heteroatoms. The zero-order chi connectivity index (χ0) is 83.4. The number of ketones is 4. The SMILES string of the molecule is C[C@H](N)C(=O)N[C@@H](C)C(=O)Nc1cccc(Cc2ccc([C@@H]3O[C@@H]4C[C@H]5[C@@H]6C[C@H](F)C7=CC(=O)C=C[C@]7(C)[C@@]6(F)[C@@H](O)C[C@]5(C)[C@]4(C(=O)CO)O3)cc2)c1.C[C@H](NC(=O)OC(C)(C)C)C(=O)N[C@@H](C)C(=O)Nc1cccc(Cc2ccc([C@@H]3O[C@@H]4C[C@H]5[C@@H]6C[C@H](F)C7=CC(=O)C=C[C@]7(C)[C@@]6(F)[C@@H](O)C[C@]5(C)[C@]4(C(=O)CO)O3)cc2)c1. The molecular weight excluding hydrogens is 1490 g/mol. The lowest BCUT2D eigenvalue weighted by molar-refractivity contribution is -0.235. The first-order valence-corrected chi connectivity index (χ1v) is 39.2. The van der Waals surface area contributed by atoms with E-state index in [0.29, 0.717) is 35.3 Å². The Hall–Kier alpha value is -8.97. The normalized spacial score (nSPS) is 36.1. The number of hydrogen-bond acceptors (Lipinski definition) is 19. The van der Waals surface area contributed by atoms with E-state index in [1.807, 2.05) is 66.7 Å². The smallest absolute Gasteiger partial charge is 0.408 e. The molecule has 0 radical (unpaired) electrons. The maximum Gasteiger partial charge on any atom is 0.408 e. The Balaban J connectivity index is 0.000000202. The van der Waals surface area contributed by atoms with Crippen molar-refractivity contribution in [3.63, 3.8) is 0 Å². The van der Waals surface area contributed by atoms with Gasteiger partial charge in [0, 0.05) is 56.0 Å². The monoisotopic (exact) mass is 1590 g/mol. The van der Waals surface area contributed by atoms with Crippen molar-refractivity contribution in [1.29, 1.82) is 0 Å². The first-order chi connectivity index (χ1) is 54.0. The molecular formula is C87H102F4N6O18. The van der Waals surface area contributed by atoms with E-state index < -0.39 is 207 Å². The van der Waals surface area contributed by atoms with Crippen molar-refractivity contribution in [3.05, 3.63) is 178 Å². The van der Waals surface area contributed by atoms with E-state index in [4.69, 9.17) is 29.4 Å². The summed E-state index contributed by atoms with van der Waals surface area (Å²) in [5.41, 5.74) is -3.01. The van der Waals surface area contributed by atoms with E-state index in [1.54, 1.807) is 71.9 Å². The maximum absolute atomic E-state index is 17.7. The number of carbonyl (C=O) groups is 9. The number of alkyl carbamates (subject to hydrolysis) is 1. The molecule has 2 saturated heterocycles. The number of ether oxygens (including phenoxy) is 5. The van der Waals surface area contributed by atoms with Crippen LogP contribution in [0.5, 0.6) is 0 Å². The number of rotatable bonds is 19. The summed E-state index contributed by atoms with van der Waals surface area (Å²) < 4.78 is 98.5. The van der Waals surface area contributed by atoms with Gasteiger partial charge in [-0.15, -0.1) is 0 Å². The molecule has 2 heterocycles. The Morgan fingerprint density at radius 3 is 1.30 bits per heavy atom. The number of carbonyl (C=O) groups excluding carboxylic acids is 9. The zero-order valence-electron chi connectivity index (χ0n) is 66.1. The lowest BCUT2D eigenvalue weighted by Gasteiger charge is -2.63. The van der Waals surface area contributed by atoms with Gasteiger partial charge in [0.15, 0.2) is 58.3 Å². The van der Waals surface area contributed by atoms with Gasteiger partial charge < -0.3 is 76.4 Å². The van der Waals surface area contributed by atoms with Crippen molar-refractivity contribution in [2.24, 2.45) is 51.1 Å². The van der Waals surface area contributed by atoms with Gasteiger partial charge in [-0.1, -0.05) is 98.8 Å². The molecule has 5 amide bonds. The van der Waals surface area contributed by atoms with Crippen LogP contribution in [0.15, 0.2) is 145 Å². The lowest BCUT2D eigenvalue weighted by Crippen LogP contribution is -2.70. The minimum absolute atomic E-state index is 0.00604. The van der Waals surface area contributed by atoms with Gasteiger partial charge in [0.2, 0.25) is 23.6 Å². The predicted molar refractivity (Wildman–Crippen MR) is 411 cm³/mol. The molecule has 0 bridgehead atoms. The summed E-state index contributed by atoms with van der Waals surface area (Å²) in [6.07, 6.45) is -3.45. The number of nitrogens with one attached hydrogen (secondary N) is 5. The number of Topliss-reactive ketones (excluding diaryl/α,β-unsaturated/α-hetero) is 2. The van der Waals surface area contributed by atoms with Crippen LogP contribution in [0.1, 0.15) is 161 Å². The van der Waals surface area contributed by atoms with E-state index in [-0.39, 0.29) is 55.6 Å². The molecule has 24 atom stereocenters. The Bertz CT molecular complexity index is 4690. The van der Waals surface area contributed by atoms with Crippen LogP contribution in [0.4, 0.5) is 33.7 Å². The molecule has 4 aromatic rings. The number of benzene rings is 4. The molecule has 4 aromatic carbocycles. The number of nitrogens with two attached hydrogens (primary N) is 1. The largest absolute Gasteiger partial charge is 0.444 e. The fraction of sp³-hybridized carbons (Fsp3) is 0.529. The zero-order valence-corrected chi connectivity index (χ0v) is 66.1. The summed E-state index contributed by atoms with van der Waals surface area (Å²) in [6.45, 7) is 16.0. The summed E-state index contributed by atoms with van der Waals surface area (Å²) in [5.74, 6) is -7.39. The number of hydrogen-bond donors (Lipinski definition) is 10. The molecule has 11 N–H and O–H groups in total. The van der Waals surface area contributed by atoms with Crippen molar-refractivity contribution in [2.45, 2.75) is 229 Å². The van der Waals surface area contributed by atoms with Crippen molar-refractivity contribution >= 4 is 64.2 Å². The Kier molecular flexibility index (Phi) is 22.5. The number of alkyl halides is 4. The summed E-state index contributed by atoms with van der Waals surface area (Å²) in [4.78, 5) is 114. The average Bonchev–Trinajstić information content (AvgIpc) is 1.54. The lowest BCUT2D eigenvalue weighted by atomic mass is 9.44. The second kappa shape index (κ2) is 30.8. The standard InChI is InChI=1S/C46H55F2N3O10.C41H47F2N3O8/c1-24(49-38(56)25(2)50-41(58)61-42(3,4)5)39(57)51-29-10-8-9-27(18-29)17-26-11-13-28(14-12-26)40-59-37-21-31-32-20-34(47)33-19-30(53)15-16-43(33,6)45(32,48)35(54)22-44(31,7)46(37,60-40)36(55)23-52;1-21(44)35(51)45-22(2)36(52)46-26-7-5-6-24(15-26)14-23-8-10-25(11-9-23)37-53-34-18-28-29-17-31(42)30-16-27(48)12-13-38(30,3)40(29,43)32(49)19-39(28,4)41(34,54-37)33(50)20-47/h8-16,18-19,24-25,31-32,34-35,37,40,52,54H,17,20-23H2,1-7H3,(H,49,56)(H,50,58)(H,51,57);5-13,15-16,21-22,28-29,31-32,34,37,47,49H,14,17-20,44H2,1-4H3,(H,45,51)(H,46,52)/t24-,25-,31-,32-,34-,35-,37+,40+,43-,44-,45-,46+;21-,22-,28-,29-,31-,32-,34+,37+,38-,39-,40-,41+/m00/s1. The predicted octanol–water partition coefficient (Wildman–Crippen LogP) is 8.99. The third kappa shape index (κ3) is 14.2. The van der Waals surface area contributed by atoms with Gasteiger partial charge in [-0.05, 0) is 207 Å². The first kappa shape index (κ1) is 84.0. The van der Waals surface area contributed by atoms with E-state index in [9.17, 15) is 63.6 Å². The van der Waals surface area contributed by atoms with Crippen molar-refractivity contribution < 1.29 is 105 Å². The number of allylic oxidation sites excluding steroid dienone is 8. The van der Waals surface area contributed by atoms with Crippen LogP contribution in [0, 0.1) is 45.3 Å². The van der Waals surface area contributed by atoms with Gasteiger partial charge in [-0.3, -0.25) is 38.4 Å². The Morgan fingerprint density at radius 2 is 0.922 bits per heavy atom. The third-order valence-corrected chi connectivity index (χ3v) is 26.6. The molecule has 24 nitrogen and oxygen atoms in total. The quantitative estimate of drug-likeness (QED) is 0.0391. The minimum Gasteiger partial charge on any atom is -0.444 e. The van der Waals surface area contributed by atoms with Gasteiger partial charge in [-0.2, -0.15) is 0 Å². The highest BCUT2D eigenvalue weighted by molar-refractivity contribution is 6.03. The topological polar surface area (TPSA) is 367 Å². The molecule has 2 aliphatic heterocycles. The van der Waals surface area contributed by atoms with Crippen molar-refractivity contribution in [3.8, 4) is 0 Å². The van der Waals surface area contributed by atoms with Gasteiger partial charge in [-0.25, -0.2) is 22.4 Å². The number of aliphatic hydroxyl groups excluding tert-OH is 4. The number of amides is 5. The molecule has 0 spiro atoms. The molecule has 616 valence electrons. The van der Waals surface area contributed by atoms with Crippen LogP contribution >= 0.6 is 0 Å². The van der Waals surface area contributed by atoms with Crippen LogP contribution in [0.25, 0.3) is 0 Å². The second-order valence-electron chi connectivity index (χ2n) is 34.8. The molecule has 14 rings (SSSR count). The van der Waals surface area contributed by atoms with Crippen LogP contribution in [0.3, 0.4) is 0 Å². The van der Waals surface area contributed by atoms with E-state index >= 15 is 17.6 Å². The molecule has 8 aliphatic carbocycles. The molecule has 0 aromatic heterocycles. The number of halogens is 4. The summed E-state index contributed by atoms with van der Waals surface area (Å²) in [7, 11) is 0. The van der Waals surface area contributed by atoms with Gasteiger partial charge in [0.1, 0.15) is 49.3 Å². The summed E-state index contributed by atoms with van der Waals surface area (Å²) in [6, 6.07) is 25.9. The average molecular weight is 1600 g/mol. The number of aliphatic hydroxyl groups is 4. The highest BCUT2D eigenvalue weighted by Crippen LogP contribution is 2.75. The maximum atomic E-state index is 17.7. The summed E-state index contributed by atoms with van der Waals surface area (Å²) in [5, 5.41) is 57.3. The van der Waals surface area contributed by atoms with Crippen molar-refractivity contribution in [1.82, 2.24) is 16.0 Å². The molecule has 115 heavy (non-hydrogen) atoms. The molecule has 6 saturated carbocycles. The van der Waals surface area contributed by atoms with Crippen LogP contribution < -0.4 is 32.3 Å². The molecule has 8 fully saturated rings. The van der Waals surface area contributed by atoms with Crippen LogP contribution in [-0.4, -0.2) is 176 Å². The van der Waals surface area contributed by atoms with Crippen molar-refractivity contribution in [2.75, 3.05) is 23.8 Å². The highest BCUT2D eigenvalue weighted by Gasteiger charge is 2.82. The molecule has 10 aliphatic rings. The first-order valence-electron chi connectivity index (χ1n) is 39.2. The fourth-order valence-electron chi connectivity index (χ4n) is 20.9. The Morgan fingerprint density at radius 1 is 0.539 bits per heavy atom. The van der Waals surface area contributed by atoms with Gasteiger partial charge in [0.05, 0.1) is 30.5 Å². The van der Waals surface area contributed by atoms with E-state index in [2.05, 4.69) is 26.6 Å². The number of anilines is 2. The number of fused-ring (bicyclic) bond motifs is 14. The third-order valence-electron chi connectivity index (χ3n) is 26.6. The van der Waals surface area contributed by atoms with Gasteiger partial charge >= 0.3 is 6.09 Å². The fourth-order valence-corrected chi connectivity index (χ4v) is 20.9. The van der Waals surface area contributed by atoms with Gasteiger partial charge in [0.25, 0.3) is 0 Å². The molecule has 0 unspecified atom stereocenters. The highest BCUT2D eigenvalue weighted by atomic mass is 19.2. The summed E-state index contributed by atoms with van der Waals surface area (Å²) >= 11 is 0. The van der Waals surface area contributed by atoms with Crippen LogP contribution in [-0.2, 0) is 74.9 Å². The van der Waals surface area contributed by atoms with E-state index in [0.717, 1.165) is 34.4 Å². The minimum atomic E-state index is -2.34. The van der Waals surface area contributed by atoms with Crippen LogP contribution in [0.2, 0.25) is 0 Å². The second-order valence-corrected chi connectivity index (χ2v) is 34.8.